The normalized spacial score (nSPS) is 15.9. The highest BCUT2D eigenvalue weighted by Crippen LogP contribution is 2.16. The molecule has 0 aliphatic carbocycles. The molecule has 156 valence electrons. The Kier molecular flexibility index (Phi) is 7.05. The lowest BCUT2D eigenvalue weighted by Gasteiger charge is -2.32. The van der Waals surface area contributed by atoms with Crippen LogP contribution in [-0.2, 0) is 21.4 Å². The number of amides is 1. The SMILES string of the molecule is CCN(Cc1ccccc1)C(=O)C[NH+]1CCN(S(=O)(=O)c2ccc(C)cc2)CC1. The highest BCUT2D eigenvalue weighted by Gasteiger charge is 2.31. The summed E-state index contributed by atoms with van der Waals surface area (Å²) >= 11 is 0. The number of hydrogen-bond acceptors (Lipinski definition) is 3. The minimum Gasteiger partial charge on any atom is -0.334 e. The molecule has 2 aromatic carbocycles. The molecule has 0 saturated carbocycles. The van der Waals surface area contributed by atoms with Crippen LogP contribution in [0.25, 0.3) is 0 Å². The third-order valence-electron chi connectivity index (χ3n) is 5.44. The number of quaternary nitrogens is 1. The summed E-state index contributed by atoms with van der Waals surface area (Å²) in [5.74, 6) is 0.112. The molecule has 0 unspecified atom stereocenters. The molecule has 2 aromatic rings. The van der Waals surface area contributed by atoms with Crippen LogP contribution in [0.3, 0.4) is 0 Å². The van der Waals surface area contributed by atoms with Gasteiger partial charge >= 0.3 is 0 Å². The number of rotatable bonds is 7. The first-order valence-electron chi connectivity index (χ1n) is 10.1. The van der Waals surface area contributed by atoms with Crippen LogP contribution in [-0.4, -0.2) is 62.8 Å². The summed E-state index contributed by atoms with van der Waals surface area (Å²) in [6.07, 6.45) is 0. The number of likely N-dealkylation sites (N-methyl/N-ethyl adjacent to an activating group) is 1. The minimum absolute atomic E-state index is 0.112. The van der Waals surface area contributed by atoms with Crippen LogP contribution < -0.4 is 4.90 Å². The number of benzene rings is 2. The van der Waals surface area contributed by atoms with Gasteiger partial charge in [-0.2, -0.15) is 4.31 Å². The first kappa shape index (κ1) is 21.5. The second-order valence-electron chi connectivity index (χ2n) is 7.54. The van der Waals surface area contributed by atoms with Gasteiger partial charge in [0, 0.05) is 13.1 Å². The molecule has 1 amide bonds. The Hall–Kier alpha value is -2.22. The van der Waals surface area contributed by atoms with Crippen molar-refractivity contribution in [3.05, 3.63) is 65.7 Å². The summed E-state index contributed by atoms with van der Waals surface area (Å²) in [4.78, 5) is 16.1. The maximum atomic E-state index is 12.8. The van der Waals surface area contributed by atoms with Gasteiger partial charge in [-0.1, -0.05) is 48.0 Å². The van der Waals surface area contributed by atoms with Gasteiger partial charge in [0.25, 0.3) is 5.91 Å². The molecule has 1 saturated heterocycles. The number of aryl methyl sites for hydroxylation is 1. The average Bonchev–Trinajstić information content (AvgIpc) is 2.73. The second-order valence-corrected chi connectivity index (χ2v) is 9.48. The topological polar surface area (TPSA) is 62.1 Å². The monoisotopic (exact) mass is 416 g/mol. The van der Waals surface area contributed by atoms with Crippen molar-refractivity contribution in [2.24, 2.45) is 0 Å². The van der Waals surface area contributed by atoms with E-state index in [-0.39, 0.29) is 5.91 Å². The Morgan fingerprint density at radius 2 is 1.66 bits per heavy atom. The molecule has 0 spiro atoms. The largest absolute Gasteiger partial charge is 0.334 e. The fourth-order valence-electron chi connectivity index (χ4n) is 3.58. The number of sulfonamides is 1. The predicted molar refractivity (Wildman–Crippen MR) is 113 cm³/mol. The molecule has 1 fully saturated rings. The van der Waals surface area contributed by atoms with Gasteiger partial charge in [0.1, 0.15) is 0 Å². The Morgan fingerprint density at radius 1 is 1.03 bits per heavy atom. The Bertz CT molecular complexity index is 906. The van der Waals surface area contributed by atoms with Crippen LogP contribution >= 0.6 is 0 Å². The lowest BCUT2D eigenvalue weighted by atomic mass is 10.2. The second kappa shape index (κ2) is 9.52. The van der Waals surface area contributed by atoms with Crippen molar-refractivity contribution in [1.29, 1.82) is 0 Å². The number of hydrogen-bond donors (Lipinski definition) is 1. The van der Waals surface area contributed by atoms with E-state index in [2.05, 4.69) is 0 Å². The molecule has 6 nitrogen and oxygen atoms in total. The Balaban J connectivity index is 1.54. The van der Waals surface area contributed by atoms with Crippen molar-refractivity contribution in [3.63, 3.8) is 0 Å². The molecule has 0 atom stereocenters. The molecule has 0 aromatic heterocycles. The van der Waals surface area contributed by atoms with Crippen molar-refractivity contribution in [2.45, 2.75) is 25.3 Å². The zero-order valence-corrected chi connectivity index (χ0v) is 18.0. The molecular weight excluding hydrogens is 386 g/mol. The number of carbonyl (C=O) groups is 1. The van der Waals surface area contributed by atoms with E-state index in [0.29, 0.717) is 50.7 Å². The summed E-state index contributed by atoms with van der Waals surface area (Å²) in [5.41, 5.74) is 2.15. The third kappa shape index (κ3) is 5.44. The molecule has 0 bridgehead atoms. The Morgan fingerprint density at radius 3 is 2.24 bits per heavy atom. The first-order chi connectivity index (χ1) is 13.9. The highest BCUT2D eigenvalue weighted by atomic mass is 32.2. The molecule has 29 heavy (non-hydrogen) atoms. The smallest absolute Gasteiger partial charge is 0.278 e. The van der Waals surface area contributed by atoms with Crippen LogP contribution in [0.5, 0.6) is 0 Å². The quantitative estimate of drug-likeness (QED) is 0.731. The van der Waals surface area contributed by atoms with Gasteiger partial charge in [-0.25, -0.2) is 8.42 Å². The zero-order valence-electron chi connectivity index (χ0n) is 17.2. The van der Waals surface area contributed by atoms with E-state index in [1.807, 2.05) is 61.2 Å². The predicted octanol–water partition coefficient (Wildman–Crippen LogP) is 0.933. The zero-order chi connectivity index (χ0) is 20.9. The molecule has 1 aliphatic rings. The van der Waals surface area contributed by atoms with E-state index in [1.165, 1.54) is 4.31 Å². The van der Waals surface area contributed by atoms with Crippen molar-refractivity contribution < 1.29 is 18.1 Å². The molecule has 3 rings (SSSR count). The van der Waals surface area contributed by atoms with E-state index in [1.54, 1.807) is 12.1 Å². The van der Waals surface area contributed by atoms with Gasteiger partial charge < -0.3 is 9.80 Å². The van der Waals surface area contributed by atoms with E-state index < -0.39 is 10.0 Å². The summed E-state index contributed by atoms with van der Waals surface area (Å²) in [7, 11) is -3.47. The van der Waals surface area contributed by atoms with Crippen LogP contribution in [0.2, 0.25) is 0 Å². The molecule has 1 aliphatic heterocycles. The summed E-state index contributed by atoms with van der Waals surface area (Å²) in [5, 5.41) is 0. The van der Waals surface area contributed by atoms with E-state index in [4.69, 9.17) is 0 Å². The van der Waals surface area contributed by atoms with E-state index >= 15 is 0 Å². The molecular formula is C22H30N3O3S+. The minimum atomic E-state index is -3.47. The van der Waals surface area contributed by atoms with Gasteiger partial charge in [-0.15, -0.1) is 0 Å². The summed E-state index contributed by atoms with van der Waals surface area (Å²) < 4.78 is 27.2. The molecule has 1 heterocycles. The standard InChI is InChI=1S/C22H29N3O3S/c1-3-24(17-20-7-5-4-6-8-20)22(26)18-23-13-15-25(16-14-23)29(27,28)21-11-9-19(2)10-12-21/h4-12H,3,13-18H2,1-2H3/p+1. The van der Waals surface area contributed by atoms with Crippen molar-refractivity contribution >= 4 is 15.9 Å². The van der Waals surface area contributed by atoms with Crippen molar-refractivity contribution in [3.8, 4) is 0 Å². The van der Waals surface area contributed by atoms with Crippen molar-refractivity contribution in [1.82, 2.24) is 9.21 Å². The van der Waals surface area contributed by atoms with Gasteiger partial charge in [-0.3, -0.25) is 4.79 Å². The molecule has 0 radical (unpaired) electrons. The third-order valence-corrected chi connectivity index (χ3v) is 7.35. The number of carbonyl (C=O) groups excluding carboxylic acids is 1. The molecule has 7 heteroatoms. The maximum Gasteiger partial charge on any atom is 0.278 e. The summed E-state index contributed by atoms with van der Waals surface area (Å²) in [6.45, 7) is 7.74. The van der Waals surface area contributed by atoms with E-state index in [0.717, 1.165) is 16.0 Å². The Labute approximate surface area is 173 Å². The van der Waals surface area contributed by atoms with Crippen LogP contribution in [0.4, 0.5) is 0 Å². The first-order valence-corrected chi connectivity index (χ1v) is 11.6. The van der Waals surface area contributed by atoms with Gasteiger partial charge in [-0.05, 0) is 31.5 Å². The maximum absolute atomic E-state index is 12.8. The molecule has 1 N–H and O–H groups in total. The lowest BCUT2D eigenvalue weighted by molar-refractivity contribution is -0.896. The highest BCUT2D eigenvalue weighted by molar-refractivity contribution is 7.89. The van der Waals surface area contributed by atoms with Crippen molar-refractivity contribution in [2.75, 3.05) is 39.3 Å². The number of nitrogens with one attached hydrogen (secondary N) is 1. The van der Waals surface area contributed by atoms with Crippen LogP contribution in [0, 0.1) is 6.92 Å². The van der Waals surface area contributed by atoms with E-state index in [9.17, 15) is 13.2 Å². The van der Waals surface area contributed by atoms with Gasteiger partial charge in [0.2, 0.25) is 10.0 Å². The van der Waals surface area contributed by atoms with Crippen LogP contribution in [0.1, 0.15) is 18.1 Å². The summed E-state index contributed by atoms with van der Waals surface area (Å²) in [6, 6.07) is 16.9. The average molecular weight is 417 g/mol. The number of piperazine rings is 1. The number of nitrogens with zero attached hydrogens (tertiary/aromatic N) is 2. The van der Waals surface area contributed by atoms with Gasteiger partial charge in [0.15, 0.2) is 6.54 Å². The van der Waals surface area contributed by atoms with Crippen LogP contribution in [0.15, 0.2) is 59.5 Å². The fraction of sp³-hybridized carbons (Fsp3) is 0.409. The van der Waals surface area contributed by atoms with Gasteiger partial charge in [0.05, 0.1) is 31.1 Å². The lowest BCUT2D eigenvalue weighted by Crippen LogP contribution is -3.15. The fourth-order valence-corrected chi connectivity index (χ4v) is 5.03.